The number of ether oxygens (including phenoxy) is 2. The Bertz CT molecular complexity index is 1470. The molecule has 37 heavy (non-hydrogen) atoms. The number of methoxy groups -OCH3 is 1. The molecule has 0 bridgehead atoms. The maximum Gasteiger partial charge on any atom is 0.305 e. The van der Waals surface area contributed by atoms with Gasteiger partial charge in [-0.3, -0.25) is 9.59 Å². The number of hydrogen-bond donors (Lipinski definition) is 1. The van der Waals surface area contributed by atoms with Crippen LogP contribution in [0.2, 0.25) is 0 Å². The van der Waals surface area contributed by atoms with Gasteiger partial charge in [0.15, 0.2) is 0 Å². The largest absolute Gasteiger partial charge is 0.469 e. The molecular weight excluding hydrogens is 464 g/mol. The fraction of sp³-hybridized carbons (Fsp3) is 0.194. The van der Waals surface area contributed by atoms with Gasteiger partial charge in [0.2, 0.25) is 0 Å². The maximum atomic E-state index is 13.6. The van der Waals surface area contributed by atoms with Crippen molar-refractivity contribution < 1.29 is 19.1 Å². The number of nitrogens with zero attached hydrogens (tertiary/aromatic N) is 1. The van der Waals surface area contributed by atoms with Crippen molar-refractivity contribution >= 4 is 22.6 Å². The topological polar surface area (TPSA) is 88.4 Å². The quantitative estimate of drug-likeness (QED) is 0.270. The number of nitriles is 1. The Kier molecular flexibility index (Phi) is 8.17. The molecule has 4 aromatic rings. The zero-order valence-electron chi connectivity index (χ0n) is 20.9. The second-order valence-corrected chi connectivity index (χ2v) is 8.72. The predicted octanol–water partition coefficient (Wildman–Crippen LogP) is 6.49. The number of nitrogens with one attached hydrogen (secondary N) is 1. The zero-order chi connectivity index (χ0) is 26.2. The third kappa shape index (κ3) is 6.14. The summed E-state index contributed by atoms with van der Waals surface area (Å²) in [7, 11) is 1.36. The summed E-state index contributed by atoms with van der Waals surface area (Å²) in [4.78, 5) is 25.2. The van der Waals surface area contributed by atoms with E-state index in [0.29, 0.717) is 35.5 Å². The molecule has 0 radical (unpaired) electrons. The van der Waals surface area contributed by atoms with E-state index < -0.39 is 0 Å². The van der Waals surface area contributed by atoms with Crippen molar-refractivity contribution in [3.8, 4) is 17.6 Å². The summed E-state index contributed by atoms with van der Waals surface area (Å²) in [6.07, 6.45) is 1.33. The average molecular weight is 493 g/mol. The second-order valence-electron chi connectivity index (χ2n) is 8.72. The third-order valence-electron chi connectivity index (χ3n) is 6.25. The highest BCUT2D eigenvalue weighted by atomic mass is 16.5. The van der Waals surface area contributed by atoms with Crippen LogP contribution in [0.1, 0.15) is 52.9 Å². The number of hydrogen-bond acceptors (Lipinski definition) is 5. The molecule has 0 aliphatic carbocycles. The number of fused-ring (bicyclic) bond motifs is 1. The van der Waals surface area contributed by atoms with Crippen LogP contribution in [-0.4, -0.2) is 19.0 Å². The minimum Gasteiger partial charge on any atom is -0.469 e. The molecule has 1 atom stereocenters. The molecular formula is C31H28N2O4. The average Bonchev–Trinajstić information content (AvgIpc) is 2.93. The molecule has 0 aliphatic rings. The van der Waals surface area contributed by atoms with E-state index in [1.54, 1.807) is 36.4 Å². The van der Waals surface area contributed by atoms with Crippen LogP contribution in [0.5, 0.6) is 11.5 Å². The van der Waals surface area contributed by atoms with Gasteiger partial charge in [-0.1, -0.05) is 60.7 Å². The number of aryl methyl sites for hydroxylation is 1. The number of rotatable bonds is 9. The number of carbonyl (C=O) groups excluding carboxylic acids is 2. The molecule has 6 heteroatoms. The van der Waals surface area contributed by atoms with Crippen LogP contribution in [0.3, 0.4) is 0 Å². The van der Waals surface area contributed by atoms with Gasteiger partial charge < -0.3 is 14.8 Å². The lowest BCUT2D eigenvalue weighted by atomic mass is 9.98. The van der Waals surface area contributed by atoms with Gasteiger partial charge in [-0.05, 0) is 65.9 Å². The summed E-state index contributed by atoms with van der Waals surface area (Å²) in [5.41, 5.74) is 2.69. The molecule has 0 aliphatic heterocycles. The standard InChI is InChI=1S/C31H28N2O4/c1-21(26-14-7-11-22-9-3-5-13-27(22)26)33-31(35)28-19-25(37-29-15-6-4-10-24(29)20-32)18-17-23(28)12-8-16-30(34)36-2/h3-7,9-11,13-15,17-19,21H,8,12,16H2,1-2H3,(H,33,35)/t21-/m1/s1. The Morgan fingerprint density at radius 3 is 2.54 bits per heavy atom. The van der Waals surface area contributed by atoms with Crippen LogP contribution in [0.4, 0.5) is 0 Å². The Morgan fingerprint density at radius 2 is 1.73 bits per heavy atom. The molecule has 186 valence electrons. The Balaban J connectivity index is 1.62. The fourth-order valence-corrected chi connectivity index (χ4v) is 4.33. The lowest BCUT2D eigenvalue weighted by molar-refractivity contribution is -0.140. The highest BCUT2D eigenvalue weighted by Crippen LogP contribution is 2.29. The van der Waals surface area contributed by atoms with Crippen molar-refractivity contribution in [1.82, 2.24) is 5.32 Å². The summed E-state index contributed by atoms with van der Waals surface area (Å²) in [5.74, 6) is 0.331. The molecule has 4 rings (SSSR count). The second kappa shape index (κ2) is 11.9. The van der Waals surface area contributed by atoms with Crippen LogP contribution >= 0.6 is 0 Å². The van der Waals surface area contributed by atoms with Crippen molar-refractivity contribution in [2.24, 2.45) is 0 Å². The smallest absolute Gasteiger partial charge is 0.305 e. The van der Waals surface area contributed by atoms with E-state index in [1.807, 2.05) is 55.5 Å². The van der Waals surface area contributed by atoms with Gasteiger partial charge in [0.1, 0.15) is 17.6 Å². The van der Waals surface area contributed by atoms with E-state index in [1.165, 1.54) is 7.11 Å². The lowest BCUT2D eigenvalue weighted by Crippen LogP contribution is -2.27. The summed E-state index contributed by atoms with van der Waals surface area (Å²) in [6, 6.07) is 28.2. The summed E-state index contributed by atoms with van der Waals surface area (Å²) >= 11 is 0. The molecule has 0 unspecified atom stereocenters. The highest BCUT2D eigenvalue weighted by Gasteiger charge is 2.18. The van der Waals surface area contributed by atoms with Gasteiger partial charge in [0, 0.05) is 12.0 Å². The van der Waals surface area contributed by atoms with Gasteiger partial charge in [-0.2, -0.15) is 5.26 Å². The third-order valence-corrected chi connectivity index (χ3v) is 6.25. The van der Waals surface area contributed by atoms with E-state index in [2.05, 4.69) is 11.4 Å². The van der Waals surface area contributed by atoms with Gasteiger partial charge >= 0.3 is 5.97 Å². The summed E-state index contributed by atoms with van der Waals surface area (Å²) in [5, 5.41) is 14.7. The van der Waals surface area contributed by atoms with Gasteiger partial charge in [-0.25, -0.2) is 0 Å². The number of amides is 1. The first-order chi connectivity index (χ1) is 18.0. The number of carbonyl (C=O) groups is 2. The molecule has 0 saturated heterocycles. The minimum absolute atomic E-state index is 0.243. The molecule has 0 heterocycles. The van der Waals surface area contributed by atoms with E-state index in [-0.39, 0.29) is 24.3 Å². The Morgan fingerprint density at radius 1 is 0.973 bits per heavy atom. The van der Waals surface area contributed by atoms with Crippen LogP contribution in [0.15, 0.2) is 84.9 Å². The SMILES string of the molecule is COC(=O)CCCc1ccc(Oc2ccccc2C#N)cc1C(=O)N[C@H](C)c1cccc2ccccc12. The predicted molar refractivity (Wildman–Crippen MR) is 142 cm³/mol. The summed E-state index contributed by atoms with van der Waals surface area (Å²) < 4.78 is 10.7. The van der Waals surface area contributed by atoms with Crippen molar-refractivity contribution in [2.45, 2.75) is 32.2 Å². The molecule has 0 fully saturated rings. The molecule has 1 amide bonds. The molecule has 0 spiro atoms. The van der Waals surface area contributed by atoms with E-state index in [4.69, 9.17) is 9.47 Å². The van der Waals surface area contributed by atoms with Gasteiger partial charge in [0.05, 0.1) is 18.7 Å². The number of esters is 1. The highest BCUT2D eigenvalue weighted by molar-refractivity contribution is 5.97. The van der Waals surface area contributed by atoms with Gasteiger partial charge in [0.25, 0.3) is 5.91 Å². The first-order valence-electron chi connectivity index (χ1n) is 12.2. The van der Waals surface area contributed by atoms with Gasteiger partial charge in [-0.15, -0.1) is 0 Å². The van der Waals surface area contributed by atoms with E-state index in [9.17, 15) is 14.9 Å². The number of benzene rings is 4. The minimum atomic E-state index is -0.288. The zero-order valence-corrected chi connectivity index (χ0v) is 20.9. The fourth-order valence-electron chi connectivity index (χ4n) is 4.33. The normalized spacial score (nSPS) is 11.4. The molecule has 0 aromatic heterocycles. The van der Waals surface area contributed by atoms with Crippen molar-refractivity contribution in [3.63, 3.8) is 0 Å². The maximum absolute atomic E-state index is 13.6. The van der Waals surface area contributed by atoms with Crippen LogP contribution in [0.25, 0.3) is 10.8 Å². The van der Waals surface area contributed by atoms with Crippen molar-refractivity contribution in [3.05, 3.63) is 107 Å². The van der Waals surface area contributed by atoms with Crippen molar-refractivity contribution in [1.29, 1.82) is 5.26 Å². The van der Waals surface area contributed by atoms with Crippen LogP contribution < -0.4 is 10.1 Å². The van der Waals surface area contributed by atoms with E-state index in [0.717, 1.165) is 21.9 Å². The van der Waals surface area contributed by atoms with E-state index >= 15 is 0 Å². The Labute approximate surface area is 216 Å². The molecule has 4 aromatic carbocycles. The van der Waals surface area contributed by atoms with Crippen LogP contribution in [0, 0.1) is 11.3 Å². The lowest BCUT2D eigenvalue weighted by Gasteiger charge is -2.19. The monoisotopic (exact) mass is 492 g/mol. The number of para-hydroxylation sites is 1. The molecule has 6 nitrogen and oxygen atoms in total. The molecule has 1 N–H and O–H groups in total. The first-order valence-corrected chi connectivity index (χ1v) is 12.2. The first kappa shape index (κ1) is 25.5. The van der Waals surface area contributed by atoms with Crippen molar-refractivity contribution in [2.75, 3.05) is 7.11 Å². The van der Waals surface area contributed by atoms with Crippen LogP contribution in [-0.2, 0) is 16.0 Å². The Hall–Kier alpha value is -4.63. The molecule has 0 saturated carbocycles. The summed E-state index contributed by atoms with van der Waals surface area (Å²) in [6.45, 7) is 1.96.